The highest BCUT2D eigenvalue weighted by Crippen LogP contribution is 2.17. The molecule has 116 valence electrons. The number of nitrogens with zero attached hydrogens (tertiary/aromatic N) is 3. The Balaban J connectivity index is 1.87. The predicted molar refractivity (Wildman–Crippen MR) is 75.5 cm³/mol. The zero-order valence-corrected chi connectivity index (χ0v) is 11.5. The Bertz CT molecular complexity index is 772. The standard InChI is InChI=1S/C14H9N3O6/c15-16-12-3-1-2-11(12)14(19)22-8-13(18)23-10-6-4-9(5-7-10)17(20)21/h1-7H,8H2. The summed E-state index contributed by atoms with van der Waals surface area (Å²) in [7, 11) is 0. The van der Waals surface area contributed by atoms with Crippen molar-refractivity contribution in [3.63, 3.8) is 0 Å². The van der Waals surface area contributed by atoms with Crippen molar-refractivity contribution in [3.05, 3.63) is 63.7 Å². The van der Waals surface area contributed by atoms with Crippen LogP contribution in [0.1, 0.15) is 0 Å². The van der Waals surface area contributed by atoms with E-state index < -0.39 is 23.5 Å². The van der Waals surface area contributed by atoms with Gasteiger partial charge < -0.3 is 15.0 Å². The van der Waals surface area contributed by atoms with E-state index in [9.17, 15) is 19.7 Å². The van der Waals surface area contributed by atoms with Crippen LogP contribution >= 0.6 is 0 Å². The van der Waals surface area contributed by atoms with Gasteiger partial charge in [0.15, 0.2) is 6.61 Å². The molecule has 0 radical (unpaired) electrons. The van der Waals surface area contributed by atoms with E-state index >= 15 is 0 Å². The number of ether oxygens (including phenoxy) is 2. The molecule has 0 N–H and O–H groups in total. The average Bonchev–Trinajstić information content (AvgIpc) is 3.01. The number of hydrogen-bond acceptors (Lipinski definition) is 6. The number of carbonyl (C=O) groups excluding carboxylic acids is 2. The monoisotopic (exact) mass is 315 g/mol. The first-order valence-corrected chi connectivity index (χ1v) is 6.24. The summed E-state index contributed by atoms with van der Waals surface area (Å²) in [5.74, 6) is -1.62. The number of nitro groups is 1. The molecule has 1 aliphatic carbocycles. The van der Waals surface area contributed by atoms with E-state index in [1.807, 2.05) is 0 Å². The predicted octanol–water partition coefficient (Wildman–Crippen LogP) is 1.21. The molecule has 0 saturated carbocycles. The molecule has 0 bridgehead atoms. The summed E-state index contributed by atoms with van der Waals surface area (Å²) < 4.78 is 9.59. The summed E-state index contributed by atoms with van der Waals surface area (Å²) in [5.41, 5.74) is 8.56. The van der Waals surface area contributed by atoms with Gasteiger partial charge in [-0.15, -0.1) is 0 Å². The van der Waals surface area contributed by atoms with Crippen molar-refractivity contribution in [1.29, 1.82) is 0 Å². The fraction of sp³-hybridized carbons (Fsp3) is 0.0714. The molecule has 0 aromatic heterocycles. The van der Waals surface area contributed by atoms with Crippen molar-refractivity contribution in [2.75, 3.05) is 6.61 Å². The van der Waals surface area contributed by atoms with Crippen LogP contribution in [0, 0.1) is 10.1 Å². The van der Waals surface area contributed by atoms with Gasteiger partial charge in [-0.05, 0) is 18.2 Å². The number of non-ortho nitro benzene ring substituents is 1. The molecule has 0 heterocycles. The zero-order valence-electron chi connectivity index (χ0n) is 11.5. The lowest BCUT2D eigenvalue weighted by atomic mass is 10.2. The smallest absolute Gasteiger partial charge is 0.349 e. The van der Waals surface area contributed by atoms with Crippen LogP contribution in [0.4, 0.5) is 5.69 Å². The Morgan fingerprint density at radius 3 is 2.57 bits per heavy atom. The lowest BCUT2D eigenvalue weighted by Crippen LogP contribution is -2.21. The molecule has 0 fully saturated rings. The zero-order chi connectivity index (χ0) is 16.8. The number of hydrogen-bond donors (Lipinski definition) is 0. The van der Waals surface area contributed by atoms with Crippen molar-refractivity contribution < 1.29 is 28.8 Å². The first kappa shape index (κ1) is 15.8. The minimum Gasteiger partial charge on any atom is -0.450 e. The van der Waals surface area contributed by atoms with Crippen molar-refractivity contribution in [3.8, 4) is 5.75 Å². The molecule has 0 saturated heterocycles. The SMILES string of the molecule is [N-]=[N+]=C1C=CC=C1C(=O)OCC(=O)Oc1ccc([N+](=O)[O-])cc1. The highest BCUT2D eigenvalue weighted by Gasteiger charge is 2.25. The van der Waals surface area contributed by atoms with Gasteiger partial charge in [0.2, 0.25) is 0 Å². The van der Waals surface area contributed by atoms with Crippen molar-refractivity contribution in [2.45, 2.75) is 0 Å². The van der Waals surface area contributed by atoms with Gasteiger partial charge in [0.05, 0.1) is 4.92 Å². The Labute approximate surface area is 129 Å². The Hall–Kier alpha value is -3.58. The lowest BCUT2D eigenvalue weighted by Gasteiger charge is -2.05. The molecule has 0 aliphatic heterocycles. The minimum atomic E-state index is -0.860. The van der Waals surface area contributed by atoms with Gasteiger partial charge in [-0.3, -0.25) is 10.1 Å². The second-order valence-corrected chi connectivity index (χ2v) is 4.23. The van der Waals surface area contributed by atoms with Crippen molar-refractivity contribution >= 4 is 23.3 Å². The van der Waals surface area contributed by atoms with E-state index in [0.29, 0.717) is 0 Å². The van der Waals surface area contributed by atoms with Crippen molar-refractivity contribution in [1.82, 2.24) is 0 Å². The van der Waals surface area contributed by atoms with Crippen LogP contribution in [0.15, 0.2) is 48.1 Å². The largest absolute Gasteiger partial charge is 0.450 e. The molecular formula is C14H9N3O6. The van der Waals surface area contributed by atoms with Crippen LogP contribution in [0.5, 0.6) is 5.75 Å². The highest BCUT2D eigenvalue weighted by atomic mass is 16.6. The third-order valence-corrected chi connectivity index (χ3v) is 2.72. The molecule has 0 spiro atoms. The summed E-state index contributed by atoms with van der Waals surface area (Å²) in [6, 6.07) is 4.84. The molecule has 9 heteroatoms. The number of nitro benzene ring substituents is 1. The summed E-state index contributed by atoms with van der Waals surface area (Å²) in [6.07, 6.45) is 4.26. The number of rotatable bonds is 5. The molecule has 1 aliphatic rings. The summed E-state index contributed by atoms with van der Waals surface area (Å²) >= 11 is 0. The maximum absolute atomic E-state index is 11.7. The second-order valence-electron chi connectivity index (χ2n) is 4.23. The van der Waals surface area contributed by atoms with Gasteiger partial charge in [-0.1, -0.05) is 6.08 Å². The Morgan fingerprint density at radius 2 is 1.96 bits per heavy atom. The summed E-state index contributed by atoms with van der Waals surface area (Å²) in [6.45, 7) is -0.661. The molecule has 0 unspecified atom stereocenters. The highest BCUT2D eigenvalue weighted by molar-refractivity contribution is 6.24. The van der Waals surface area contributed by atoms with Gasteiger partial charge in [0.1, 0.15) is 11.3 Å². The maximum atomic E-state index is 11.7. The van der Waals surface area contributed by atoms with E-state index in [1.165, 1.54) is 42.5 Å². The third kappa shape index (κ3) is 3.96. The first-order chi connectivity index (χ1) is 11.0. The Morgan fingerprint density at radius 1 is 1.26 bits per heavy atom. The fourth-order valence-electron chi connectivity index (χ4n) is 1.67. The number of esters is 2. The van der Waals surface area contributed by atoms with E-state index in [4.69, 9.17) is 15.0 Å². The molecule has 0 atom stereocenters. The van der Waals surface area contributed by atoms with Crippen LogP contribution in [0.25, 0.3) is 5.53 Å². The van der Waals surface area contributed by atoms with E-state index in [1.54, 1.807) is 0 Å². The minimum absolute atomic E-state index is 0.00985. The summed E-state index contributed by atoms with van der Waals surface area (Å²) in [4.78, 5) is 36.0. The van der Waals surface area contributed by atoms with Gasteiger partial charge in [-0.2, -0.15) is 4.79 Å². The molecule has 1 aromatic carbocycles. The maximum Gasteiger partial charge on any atom is 0.349 e. The van der Waals surface area contributed by atoms with Gasteiger partial charge in [0, 0.05) is 18.2 Å². The molecule has 9 nitrogen and oxygen atoms in total. The first-order valence-electron chi connectivity index (χ1n) is 6.24. The van der Waals surface area contributed by atoms with Crippen LogP contribution in [-0.4, -0.2) is 34.0 Å². The molecule has 23 heavy (non-hydrogen) atoms. The molecule has 0 amide bonds. The van der Waals surface area contributed by atoms with Gasteiger partial charge in [-0.25, -0.2) is 9.59 Å². The molecule has 2 rings (SSSR count). The van der Waals surface area contributed by atoms with Crippen molar-refractivity contribution in [2.24, 2.45) is 0 Å². The lowest BCUT2D eigenvalue weighted by molar-refractivity contribution is -0.384. The number of carbonyl (C=O) groups is 2. The van der Waals surface area contributed by atoms with Gasteiger partial charge >= 0.3 is 17.7 Å². The van der Waals surface area contributed by atoms with Crippen LogP contribution in [-0.2, 0) is 14.3 Å². The average molecular weight is 315 g/mol. The van der Waals surface area contributed by atoms with E-state index in [2.05, 4.69) is 4.79 Å². The quantitative estimate of drug-likeness (QED) is 0.200. The molecule has 1 aromatic rings. The van der Waals surface area contributed by atoms with Crippen LogP contribution in [0.3, 0.4) is 0 Å². The number of benzene rings is 1. The normalized spacial score (nSPS) is 12.3. The molecular weight excluding hydrogens is 306 g/mol. The summed E-state index contributed by atoms with van der Waals surface area (Å²) in [5, 5.41) is 10.5. The topological polar surface area (TPSA) is 132 Å². The van der Waals surface area contributed by atoms with Crippen LogP contribution in [0.2, 0.25) is 0 Å². The fourth-order valence-corrected chi connectivity index (χ4v) is 1.67. The van der Waals surface area contributed by atoms with Gasteiger partial charge in [0.25, 0.3) is 5.69 Å². The van der Waals surface area contributed by atoms with E-state index in [-0.39, 0.29) is 22.7 Å². The number of allylic oxidation sites excluding steroid dienone is 3. The Kier molecular flexibility index (Phi) is 4.75. The van der Waals surface area contributed by atoms with E-state index in [0.717, 1.165) is 0 Å². The van der Waals surface area contributed by atoms with Crippen LogP contribution < -0.4 is 4.74 Å². The second kappa shape index (κ2) is 6.92. The third-order valence-electron chi connectivity index (χ3n) is 2.72.